The van der Waals surface area contributed by atoms with Gasteiger partial charge in [0, 0.05) is 13.1 Å². The van der Waals surface area contributed by atoms with Crippen LogP contribution in [-0.4, -0.2) is 24.3 Å². The first-order chi connectivity index (χ1) is 10.1. The Morgan fingerprint density at radius 3 is 1.71 bits per heavy atom. The zero-order chi connectivity index (χ0) is 15.2. The summed E-state index contributed by atoms with van der Waals surface area (Å²) in [6.07, 6.45) is 15.2. The molecule has 124 valence electrons. The van der Waals surface area contributed by atoms with E-state index in [2.05, 4.69) is 26.1 Å². The number of hydrogen-bond donors (Lipinski definition) is 1. The Hall–Kier alpha value is -0.0800. The largest absolute Gasteiger partial charge is 0.366 e. The maximum absolute atomic E-state index is 6.81. The number of nitrogens with one attached hydrogen (secondary N) is 1. The van der Waals surface area contributed by atoms with E-state index in [-0.39, 0.29) is 11.2 Å². The van der Waals surface area contributed by atoms with Crippen molar-refractivity contribution in [3.63, 3.8) is 0 Å². The van der Waals surface area contributed by atoms with Gasteiger partial charge in [0.2, 0.25) is 0 Å². The molecule has 0 bridgehead atoms. The van der Waals surface area contributed by atoms with Gasteiger partial charge >= 0.3 is 0 Å². The van der Waals surface area contributed by atoms with Crippen LogP contribution in [0.1, 0.15) is 91.4 Å². The van der Waals surface area contributed by atoms with E-state index >= 15 is 0 Å². The van der Waals surface area contributed by atoms with Crippen LogP contribution in [0.2, 0.25) is 0 Å². The number of rotatable bonds is 1. The molecule has 1 atom stereocenters. The molecule has 1 aliphatic carbocycles. The van der Waals surface area contributed by atoms with Gasteiger partial charge in [0.05, 0.1) is 11.2 Å². The molecule has 0 amide bonds. The Morgan fingerprint density at radius 2 is 1.24 bits per heavy atom. The Kier molecular flexibility index (Phi) is 6.55. The van der Waals surface area contributed by atoms with Crippen molar-refractivity contribution >= 4 is 0 Å². The quantitative estimate of drug-likeness (QED) is 0.729. The van der Waals surface area contributed by atoms with Crippen LogP contribution in [0, 0.1) is 5.92 Å². The van der Waals surface area contributed by atoms with Gasteiger partial charge in [-0.05, 0) is 25.7 Å². The van der Waals surface area contributed by atoms with E-state index in [1.165, 1.54) is 70.6 Å². The highest BCUT2D eigenvalue weighted by Gasteiger charge is 2.43. The third-order valence-corrected chi connectivity index (χ3v) is 5.86. The third kappa shape index (κ3) is 4.96. The minimum Gasteiger partial charge on any atom is -0.366 e. The molecule has 0 radical (unpaired) electrons. The maximum Gasteiger partial charge on any atom is 0.0814 e. The molecular weight excluding hydrogens is 258 g/mol. The van der Waals surface area contributed by atoms with Gasteiger partial charge < -0.3 is 10.1 Å². The first kappa shape index (κ1) is 17.3. The van der Waals surface area contributed by atoms with Crippen LogP contribution in [0.15, 0.2) is 0 Å². The lowest BCUT2D eigenvalue weighted by Crippen LogP contribution is -2.61. The molecule has 2 aliphatic rings. The average molecular weight is 296 g/mol. The van der Waals surface area contributed by atoms with Gasteiger partial charge in [-0.25, -0.2) is 0 Å². The summed E-state index contributed by atoms with van der Waals surface area (Å²) < 4.78 is 6.81. The van der Waals surface area contributed by atoms with Crippen molar-refractivity contribution in [3.05, 3.63) is 0 Å². The molecule has 1 unspecified atom stereocenters. The van der Waals surface area contributed by atoms with Crippen molar-refractivity contribution in [2.24, 2.45) is 5.92 Å². The Morgan fingerprint density at radius 1 is 0.762 bits per heavy atom. The summed E-state index contributed by atoms with van der Waals surface area (Å²) in [4.78, 5) is 0. The van der Waals surface area contributed by atoms with Gasteiger partial charge in [0.15, 0.2) is 0 Å². The normalized spacial score (nSPS) is 32.6. The van der Waals surface area contributed by atoms with Crippen LogP contribution < -0.4 is 5.32 Å². The topological polar surface area (TPSA) is 21.3 Å². The summed E-state index contributed by atoms with van der Waals surface area (Å²) in [5.41, 5.74) is 0.117. The van der Waals surface area contributed by atoms with Crippen LogP contribution in [-0.2, 0) is 4.74 Å². The first-order valence-electron chi connectivity index (χ1n) is 9.47. The highest BCUT2D eigenvalue weighted by Crippen LogP contribution is 2.37. The van der Waals surface area contributed by atoms with E-state index in [0.717, 1.165) is 13.1 Å². The zero-order valence-electron chi connectivity index (χ0n) is 14.7. The summed E-state index contributed by atoms with van der Waals surface area (Å²) in [5, 5.41) is 3.70. The molecule has 2 fully saturated rings. The molecule has 0 aromatic carbocycles. The van der Waals surface area contributed by atoms with E-state index < -0.39 is 0 Å². The van der Waals surface area contributed by atoms with E-state index in [9.17, 15) is 0 Å². The summed E-state index contributed by atoms with van der Waals surface area (Å²) in [6.45, 7) is 8.98. The molecule has 1 saturated carbocycles. The fourth-order valence-corrected chi connectivity index (χ4v) is 3.96. The summed E-state index contributed by atoms with van der Waals surface area (Å²) >= 11 is 0. The van der Waals surface area contributed by atoms with Crippen molar-refractivity contribution in [1.29, 1.82) is 0 Å². The van der Waals surface area contributed by atoms with Crippen molar-refractivity contribution < 1.29 is 4.74 Å². The minimum absolute atomic E-state index is 0.00924. The Labute approximate surface area is 132 Å². The lowest BCUT2D eigenvalue weighted by molar-refractivity contribution is -0.196. The predicted molar refractivity (Wildman–Crippen MR) is 90.7 cm³/mol. The molecule has 21 heavy (non-hydrogen) atoms. The van der Waals surface area contributed by atoms with Crippen molar-refractivity contribution in [3.8, 4) is 0 Å². The fourth-order valence-electron chi connectivity index (χ4n) is 3.96. The van der Waals surface area contributed by atoms with Crippen molar-refractivity contribution in [2.75, 3.05) is 13.1 Å². The smallest absolute Gasteiger partial charge is 0.0814 e. The van der Waals surface area contributed by atoms with Gasteiger partial charge in [0.1, 0.15) is 0 Å². The van der Waals surface area contributed by atoms with Crippen LogP contribution in [0.5, 0.6) is 0 Å². The summed E-state index contributed by atoms with van der Waals surface area (Å²) in [7, 11) is 0. The average Bonchev–Trinajstić information content (AvgIpc) is 2.43. The highest BCUT2D eigenvalue weighted by molar-refractivity contribution is 4.96. The molecule has 0 aromatic heterocycles. The second-order valence-electron chi connectivity index (χ2n) is 8.04. The molecule has 1 saturated heterocycles. The monoisotopic (exact) mass is 295 g/mol. The minimum atomic E-state index is 0.00924. The van der Waals surface area contributed by atoms with Gasteiger partial charge in [-0.2, -0.15) is 0 Å². The van der Waals surface area contributed by atoms with Crippen LogP contribution in [0.25, 0.3) is 0 Å². The predicted octanol–water partition coefficient (Wildman–Crippen LogP) is 5.06. The summed E-state index contributed by atoms with van der Waals surface area (Å²) in [5.74, 6) is 0.573. The molecule has 2 nitrogen and oxygen atoms in total. The van der Waals surface area contributed by atoms with E-state index in [1.807, 2.05) is 0 Å². The molecule has 1 aliphatic heterocycles. The van der Waals surface area contributed by atoms with Crippen LogP contribution in [0.4, 0.5) is 0 Å². The standard InChI is InChI=1S/C19H37NO/c1-17(2)18(3)15-20-16-19(21-18)13-11-9-7-5-4-6-8-10-12-14-19/h17,20H,4-16H2,1-3H3. The van der Waals surface area contributed by atoms with E-state index in [0.29, 0.717) is 5.92 Å². The van der Waals surface area contributed by atoms with Gasteiger partial charge in [-0.15, -0.1) is 0 Å². The highest BCUT2D eigenvalue weighted by atomic mass is 16.5. The second kappa shape index (κ2) is 7.97. The SMILES string of the molecule is CC(C)C1(C)CNCC2(CCCCCCCCCCC2)O1. The number of hydrogen-bond acceptors (Lipinski definition) is 2. The Bertz CT molecular complexity index is 290. The molecular formula is C19H37NO. The van der Waals surface area contributed by atoms with Gasteiger partial charge in [0.25, 0.3) is 0 Å². The molecule has 1 N–H and O–H groups in total. The van der Waals surface area contributed by atoms with Gasteiger partial charge in [-0.1, -0.05) is 71.6 Å². The summed E-state index contributed by atoms with van der Waals surface area (Å²) in [6, 6.07) is 0. The van der Waals surface area contributed by atoms with Crippen LogP contribution in [0.3, 0.4) is 0 Å². The lowest BCUT2D eigenvalue weighted by Gasteiger charge is -2.50. The molecule has 2 heteroatoms. The molecule has 1 heterocycles. The lowest BCUT2D eigenvalue weighted by atomic mass is 9.82. The third-order valence-electron chi connectivity index (χ3n) is 5.86. The zero-order valence-corrected chi connectivity index (χ0v) is 14.7. The van der Waals surface area contributed by atoms with Gasteiger partial charge in [-0.3, -0.25) is 0 Å². The first-order valence-corrected chi connectivity index (χ1v) is 9.47. The van der Waals surface area contributed by atoms with Crippen molar-refractivity contribution in [2.45, 2.75) is 103 Å². The molecule has 2 rings (SSSR count). The van der Waals surface area contributed by atoms with E-state index in [4.69, 9.17) is 4.74 Å². The van der Waals surface area contributed by atoms with Crippen LogP contribution >= 0.6 is 0 Å². The maximum atomic E-state index is 6.81. The Balaban J connectivity index is 2.00. The molecule has 1 spiro atoms. The van der Waals surface area contributed by atoms with E-state index in [1.54, 1.807) is 0 Å². The number of ether oxygens (including phenoxy) is 1. The van der Waals surface area contributed by atoms with Crippen molar-refractivity contribution in [1.82, 2.24) is 5.32 Å². The second-order valence-corrected chi connectivity index (χ2v) is 8.04. The fraction of sp³-hybridized carbons (Fsp3) is 1.00. The number of morpholine rings is 1. The molecule has 0 aromatic rings.